The van der Waals surface area contributed by atoms with Gasteiger partial charge in [-0.3, -0.25) is 0 Å². The summed E-state index contributed by atoms with van der Waals surface area (Å²) in [6, 6.07) is 0. The van der Waals surface area contributed by atoms with Gasteiger partial charge >= 0.3 is 110 Å². The van der Waals surface area contributed by atoms with Crippen LogP contribution in [0.1, 0.15) is 59.3 Å². The first-order valence-electron chi connectivity index (χ1n) is 6.82. The van der Waals surface area contributed by atoms with Gasteiger partial charge in [0.15, 0.2) is 0 Å². The van der Waals surface area contributed by atoms with Gasteiger partial charge in [0, 0.05) is 0 Å². The van der Waals surface area contributed by atoms with Gasteiger partial charge in [-0.2, -0.15) is 0 Å². The summed E-state index contributed by atoms with van der Waals surface area (Å²) >= 11 is -1.58. The summed E-state index contributed by atoms with van der Waals surface area (Å²) in [5.74, 6) is 0. The third-order valence-corrected chi connectivity index (χ3v) is 9.61. The summed E-state index contributed by atoms with van der Waals surface area (Å²) in [6.45, 7) is 6.72. The number of methoxy groups -OCH3 is 1. The average Bonchev–Trinajstić information content (AvgIpc) is 2.31. The number of hydrogen-bond donors (Lipinski definition) is 0. The standard InChI is InChI=1S/C5H11O2.2C4H9.Sn/c1-3-4-5(6)7-2;2*1-3-4-2;/h5H,3-4H2,1-2H3;2*1,3-4H2,2H3;/q-1;;;+1. The van der Waals surface area contributed by atoms with Crippen molar-refractivity contribution in [1.29, 1.82) is 0 Å². The van der Waals surface area contributed by atoms with Gasteiger partial charge < -0.3 is 0 Å². The van der Waals surface area contributed by atoms with Gasteiger partial charge in [-0.15, -0.1) is 0 Å². The van der Waals surface area contributed by atoms with Crippen molar-refractivity contribution in [3.8, 4) is 0 Å². The van der Waals surface area contributed by atoms with Crippen LogP contribution in [0, 0.1) is 0 Å². The van der Waals surface area contributed by atoms with E-state index in [1.165, 1.54) is 34.6 Å². The number of hydrogen-bond acceptors (Lipinski definition) is 2. The van der Waals surface area contributed by atoms with Crippen LogP contribution < -0.4 is 0 Å². The third kappa shape index (κ3) is 8.82. The Bertz CT molecular complexity index is 134. The monoisotopic (exact) mass is 337 g/mol. The van der Waals surface area contributed by atoms with Crippen LogP contribution >= 0.6 is 0 Å². The van der Waals surface area contributed by atoms with Gasteiger partial charge in [0.1, 0.15) is 0 Å². The quantitative estimate of drug-likeness (QED) is 0.412. The van der Waals surface area contributed by atoms with Crippen molar-refractivity contribution in [2.24, 2.45) is 0 Å². The van der Waals surface area contributed by atoms with Crippen LogP contribution in [0.3, 0.4) is 0 Å². The second-order valence-electron chi connectivity index (χ2n) is 4.32. The molecule has 1 unspecified atom stereocenters. The topological polar surface area (TPSA) is 18.5 Å². The fourth-order valence-electron chi connectivity index (χ4n) is 1.64. The van der Waals surface area contributed by atoms with Crippen LogP contribution in [0.2, 0.25) is 8.87 Å². The van der Waals surface area contributed by atoms with E-state index in [0.29, 0.717) is 0 Å². The molecule has 3 heteroatoms. The van der Waals surface area contributed by atoms with Crippen molar-refractivity contribution < 1.29 is 7.81 Å². The van der Waals surface area contributed by atoms with E-state index in [-0.39, 0.29) is 6.29 Å². The normalized spacial score (nSPS) is 13.3. The zero-order chi connectivity index (χ0) is 12.2. The SMILES string of the molecule is CCC[CH2][Sn]([CH2]CCC)[O]C(CCC)OC. The first-order valence-corrected chi connectivity index (χ1v) is 12.0. The Kier molecular flexibility index (Phi) is 12.7. The van der Waals surface area contributed by atoms with Crippen LogP contribution in [-0.4, -0.2) is 33.6 Å². The van der Waals surface area contributed by atoms with Gasteiger partial charge in [-0.25, -0.2) is 0 Å². The maximum atomic E-state index is 6.22. The number of rotatable bonds is 11. The van der Waals surface area contributed by atoms with Gasteiger partial charge in [-0.05, 0) is 0 Å². The van der Waals surface area contributed by atoms with Crippen molar-refractivity contribution in [3.63, 3.8) is 0 Å². The molecule has 0 aliphatic rings. The molecule has 0 aromatic rings. The first-order chi connectivity index (χ1) is 7.78. The fraction of sp³-hybridized carbons (Fsp3) is 1.00. The van der Waals surface area contributed by atoms with Gasteiger partial charge in [-0.1, -0.05) is 0 Å². The van der Waals surface area contributed by atoms with E-state index in [2.05, 4.69) is 20.8 Å². The minimum atomic E-state index is -1.58. The predicted molar refractivity (Wildman–Crippen MR) is 72.0 cm³/mol. The molecule has 0 saturated heterocycles. The Balaban J connectivity index is 3.94. The van der Waals surface area contributed by atoms with Crippen molar-refractivity contribution in [3.05, 3.63) is 0 Å². The maximum absolute atomic E-state index is 6.22. The molecule has 16 heavy (non-hydrogen) atoms. The number of ether oxygens (including phenoxy) is 1. The summed E-state index contributed by atoms with van der Waals surface area (Å²) in [6.07, 6.45) is 7.58. The molecule has 0 fully saturated rings. The van der Waals surface area contributed by atoms with Crippen molar-refractivity contribution in [2.75, 3.05) is 7.11 Å². The van der Waals surface area contributed by atoms with Gasteiger partial charge in [0.25, 0.3) is 0 Å². The minimum absolute atomic E-state index is 0.0908. The van der Waals surface area contributed by atoms with Crippen LogP contribution in [0.5, 0.6) is 0 Å². The Morgan fingerprint density at radius 2 is 1.50 bits per heavy atom. The zero-order valence-electron chi connectivity index (χ0n) is 11.6. The van der Waals surface area contributed by atoms with E-state index in [9.17, 15) is 0 Å². The van der Waals surface area contributed by atoms with Crippen LogP contribution in [-0.2, 0) is 7.81 Å². The predicted octanol–water partition coefficient (Wildman–Crippen LogP) is 4.37. The molecule has 0 N–H and O–H groups in total. The summed E-state index contributed by atoms with van der Waals surface area (Å²) in [7, 11) is 1.78. The fourth-order valence-corrected chi connectivity index (χ4v) is 8.96. The molecule has 0 bridgehead atoms. The van der Waals surface area contributed by atoms with Crippen LogP contribution in [0.15, 0.2) is 0 Å². The molecule has 1 radical (unpaired) electrons. The van der Waals surface area contributed by atoms with Crippen LogP contribution in [0.4, 0.5) is 0 Å². The summed E-state index contributed by atoms with van der Waals surface area (Å²) < 4.78 is 14.4. The first kappa shape index (κ1) is 16.7. The molecular weight excluding hydrogens is 307 g/mol. The Morgan fingerprint density at radius 1 is 0.938 bits per heavy atom. The summed E-state index contributed by atoms with van der Waals surface area (Å²) in [5, 5.41) is 0. The second-order valence-corrected chi connectivity index (χ2v) is 10.9. The molecule has 0 saturated carbocycles. The second kappa shape index (κ2) is 12.2. The average molecular weight is 336 g/mol. The molecule has 0 rings (SSSR count). The van der Waals surface area contributed by atoms with E-state index in [1.54, 1.807) is 7.11 Å². The van der Waals surface area contributed by atoms with Crippen LogP contribution in [0.25, 0.3) is 0 Å². The van der Waals surface area contributed by atoms with E-state index < -0.39 is 20.2 Å². The van der Waals surface area contributed by atoms with E-state index in [0.717, 1.165) is 12.8 Å². The molecule has 0 amide bonds. The molecule has 0 aliphatic carbocycles. The number of unbranched alkanes of at least 4 members (excludes halogenated alkanes) is 2. The Labute approximate surface area is 109 Å². The van der Waals surface area contributed by atoms with E-state index >= 15 is 0 Å². The molecule has 97 valence electrons. The molecule has 1 atom stereocenters. The molecule has 0 spiro atoms. The molecule has 0 aliphatic heterocycles. The molecule has 2 nitrogen and oxygen atoms in total. The third-order valence-electron chi connectivity index (χ3n) is 2.70. The van der Waals surface area contributed by atoms with Gasteiger partial charge in [0.2, 0.25) is 0 Å². The Hall–Kier alpha value is 0.719. The zero-order valence-corrected chi connectivity index (χ0v) is 14.4. The summed E-state index contributed by atoms with van der Waals surface area (Å²) in [5.41, 5.74) is 0. The van der Waals surface area contributed by atoms with Gasteiger partial charge in [0.05, 0.1) is 0 Å². The Morgan fingerprint density at radius 3 is 1.88 bits per heavy atom. The van der Waals surface area contributed by atoms with Crippen molar-refractivity contribution >= 4 is 20.2 Å². The molecule has 0 aromatic heterocycles. The summed E-state index contributed by atoms with van der Waals surface area (Å²) in [4.78, 5) is 0. The molecular formula is C13H29O2Sn. The molecule has 0 heterocycles. The van der Waals surface area contributed by atoms with E-state index in [4.69, 9.17) is 7.81 Å². The molecule has 0 aromatic carbocycles. The van der Waals surface area contributed by atoms with E-state index in [1.807, 2.05) is 0 Å². The van der Waals surface area contributed by atoms with Crippen molar-refractivity contribution in [1.82, 2.24) is 0 Å². The van der Waals surface area contributed by atoms with Crippen molar-refractivity contribution in [2.45, 2.75) is 74.5 Å².